The van der Waals surface area contributed by atoms with Crippen molar-refractivity contribution in [3.8, 4) is 0 Å². The van der Waals surface area contributed by atoms with Gasteiger partial charge in [0.25, 0.3) is 0 Å². The highest BCUT2D eigenvalue weighted by Crippen LogP contribution is 2.26. The largest absolute Gasteiger partial charge is 0.477 e. The Hall–Kier alpha value is -2.41. The maximum atomic E-state index is 14.5. The molecule has 0 atom stereocenters. The number of hydrogen-bond acceptors (Lipinski definition) is 4. The summed E-state index contributed by atoms with van der Waals surface area (Å²) in [4.78, 5) is 23.6. The van der Waals surface area contributed by atoms with Gasteiger partial charge in [0.05, 0.1) is 17.8 Å². The number of carbonyl (C=O) groups is 1. The Balaban J connectivity index is 2.11. The van der Waals surface area contributed by atoms with E-state index in [1.807, 2.05) is 0 Å². The number of fused-ring (bicyclic) bond motifs is 1. The number of aromatic carboxylic acids is 1. The molecule has 1 aliphatic rings. The van der Waals surface area contributed by atoms with Crippen molar-refractivity contribution in [1.29, 1.82) is 0 Å². The van der Waals surface area contributed by atoms with E-state index in [-0.39, 0.29) is 24.6 Å². The normalized spacial score (nSPS) is 15.4. The lowest BCUT2D eigenvalue weighted by Gasteiger charge is -2.24. The van der Waals surface area contributed by atoms with Gasteiger partial charge >= 0.3 is 5.97 Å². The van der Waals surface area contributed by atoms with E-state index in [2.05, 4.69) is 5.32 Å². The molecule has 0 spiro atoms. The molecule has 3 rings (SSSR count). The van der Waals surface area contributed by atoms with Gasteiger partial charge in [0.2, 0.25) is 5.43 Å². The summed E-state index contributed by atoms with van der Waals surface area (Å²) in [5.41, 5.74) is -0.453. The van der Waals surface area contributed by atoms with Crippen LogP contribution in [0.3, 0.4) is 0 Å². The molecular weight excluding hydrogens is 327 g/mol. The second-order valence-corrected chi connectivity index (χ2v) is 6.42. The minimum atomic E-state index is -1.37. The van der Waals surface area contributed by atoms with Crippen LogP contribution in [0.15, 0.2) is 23.1 Å². The van der Waals surface area contributed by atoms with Crippen LogP contribution in [-0.2, 0) is 6.54 Å². The van der Waals surface area contributed by atoms with Crippen LogP contribution in [0.2, 0.25) is 0 Å². The molecule has 0 amide bonds. The number of rotatable bonds is 5. The molecule has 6 nitrogen and oxygen atoms in total. The molecule has 3 N–H and O–H groups in total. The van der Waals surface area contributed by atoms with E-state index in [0.29, 0.717) is 11.2 Å². The Morgan fingerprint density at radius 2 is 2.00 bits per heavy atom. The van der Waals surface area contributed by atoms with Crippen molar-refractivity contribution in [2.75, 3.05) is 11.9 Å². The summed E-state index contributed by atoms with van der Waals surface area (Å²) in [6, 6.07) is 2.81. The molecule has 0 saturated heterocycles. The number of halogens is 1. The van der Waals surface area contributed by atoms with Crippen LogP contribution in [-0.4, -0.2) is 33.4 Å². The van der Waals surface area contributed by atoms with Gasteiger partial charge < -0.3 is 20.1 Å². The van der Waals surface area contributed by atoms with Crippen molar-refractivity contribution in [3.63, 3.8) is 0 Å². The zero-order chi connectivity index (χ0) is 18.0. The summed E-state index contributed by atoms with van der Waals surface area (Å²) in [6.45, 7) is -0.106. The number of aromatic nitrogens is 1. The number of hydrogen-bond donors (Lipinski definition) is 3. The van der Waals surface area contributed by atoms with Gasteiger partial charge in [-0.15, -0.1) is 0 Å². The number of carboxylic acid groups (broad SMARTS) is 1. The Labute approximate surface area is 143 Å². The molecule has 1 fully saturated rings. The number of nitrogens with zero attached hydrogens (tertiary/aromatic N) is 1. The first kappa shape index (κ1) is 17.4. The van der Waals surface area contributed by atoms with E-state index in [1.165, 1.54) is 23.3 Å². The average Bonchev–Trinajstić information content (AvgIpc) is 2.59. The third-order valence-corrected chi connectivity index (χ3v) is 4.71. The Bertz CT molecular complexity index is 856. The lowest BCUT2D eigenvalue weighted by atomic mass is 9.95. The second kappa shape index (κ2) is 7.23. The van der Waals surface area contributed by atoms with E-state index in [1.54, 1.807) is 0 Å². The first-order chi connectivity index (χ1) is 12.0. The number of aliphatic hydroxyl groups is 1. The van der Waals surface area contributed by atoms with Crippen LogP contribution in [0.1, 0.15) is 42.5 Å². The Kier molecular flexibility index (Phi) is 5.03. The number of nitrogens with one attached hydrogen (secondary N) is 1. The van der Waals surface area contributed by atoms with Crippen molar-refractivity contribution < 1.29 is 19.4 Å². The Morgan fingerprint density at radius 3 is 2.64 bits per heavy atom. The highest BCUT2D eigenvalue weighted by molar-refractivity contribution is 5.93. The summed E-state index contributed by atoms with van der Waals surface area (Å²) in [5.74, 6) is -1.95. The third kappa shape index (κ3) is 3.51. The van der Waals surface area contributed by atoms with Gasteiger partial charge in [-0.1, -0.05) is 19.3 Å². The van der Waals surface area contributed by atoms with Crippen molar-refractivity contribution in [1.82, 2.24) is 4.57 Å². The van der Waals surface area contributed by atoms with Crippen molar-refractivity contribution in [3.05, 3.63) is 39.9 Å². The summed E-state index contributed by atoms with van der Waals surface area (Å²) in [7, 11) is 0. The molecule has 25 heavy (non-hydrogen) atoms. The van der Waals surface area contributed by atoms with Crippen molar-refractivity contribution in [2.45, 2.75) is 44.7 Å². The first-order valence-corrected chi connectivity index (χ1v) is 8.48. The van der Waals surface area contributed by atoms with E-state index in [9.17, 15) is 24.2 Å². The van der Waals surface area contributed by atoms with Crippen LogP contribution < -0.4 is 10.7 Å². The molecule has 1 heterocycles. The minimum Gasteiger partial charge on any atom is -0.477 e. The zero-order valence-corrected chi connectivity index (χ0v) is 13.8. The fraction of sp³-hybridized carbons (Fsp3) is 0.444. The molecule has 0 bridgehead atoms. The topological polar surface area (TPSA) is 91.6 Å². The zero-order valence-electron chi connectivity index (χ0n) is 13.8. The highest BCUT2D eigenvalue weighted by atomic mass is 19.1. The molecule has 2 aromatic rings. The molecule has 0 radical (unpaired) electrons. The Morgan fingerprint density at radius 1 is 1.28 bits per heavy atom. The molecule has 0 aliphatic heterocycles. The summed E-state index contributed by atoms with van der Waals surface area (Å²) in [5, 5.41) is 21.6. The number of carboxylic acids is 1. The fourth-order valence-corrected chi connectivity index (χ4v) is 3.43. The standard InChI is InChI=1S/C18H21FN2O4/c19-14-8-12-16(9-15(14)20-11-4-2-1-3-5-11)21(6-7-22)10-13(17(12)23)18(24)25/h8-11,20,22H,1-7H2,(H,24,25). The summed E-state index contributed by atoms with van der Waals surface area (Å²) >= 11 is 0. The van der Waals surface area contributed by atoms with Gasteiger partial charge in [-0.3, -0.25) is 4.79 Å². The van der Waals surface area contributed by atoms with Gasteiger partial charge in [-0.2, -0.15) is 0 Å². The van der Waals surface area contributed by atoms with E-state index in [0.717, 1.165) is 31.7 Å². The van der Waals surface area contributed by atoms with E-state index >= 15 is 0 Å². The van der Waals surface area contributed by atoms with Crippen LogP contribution in [0.25, 0.3) is 10.9 Å². The third-order valence-electron chi connectivity index (χ3n) is 4.71. The fourth-order valence-electron chi connectivity index (χ4n) is 3.43. The van der Waals surface area contributed by atoms with Gasteiger partial charge in [-0.05, 0) is 25.0 Å². The predicted molar refractivity (Wildman–Crippen MR) is 92.7 cm³/mol. The molecule has 7 heteroatoms. The van der Waals surface area contributed by atoms with Gasteiger partial charge in [0.15, 0.2) is 0 Å². The molecule has 1 aliphatic carbocycles. The van der Waals surface area contributed by atoms with Crippen LogP contribution in [0.5, 0.6) is 0 Å². The number of anilines is 1. The monoisotopic (exact) mass is 348 g/mol. The van der Waals surface area contributed by atoms with Gasteiger partial charge in [0.1, 0.15) is 11.4 Å². The maximum absolute atomic E-state index is 14.5. The predicted octanol–water partition coefficient (Wildman–Crippen LogP) is 2.58. The smallest absolute Gasteiger partial charge is 0.341 e. The number of benzene rings is 1. The van der Waals surface area contributed by atoms with Gasteiger partial charge in [-0.25, -0.2) is 9.18 Å². The number of pyridine rings is 1. The van der Waals surface area contributed by atoms with Crippen molar-refractivity contribution >= 4 is 22.6 Å². The molecule has 0 unspecified atom stereocenters. The highest BCUT2D eigenvalue weighted by Gasteiger charge is 2.19. The molecule has 1 aromatic carbocycles. The van der Waals surface area contributed by atoms with Crippen LogP contribution in [0.4, 0.5) is 10.1 Å². The molecular formula is C18H21FN2O4. The van der Waals surface area contributed by atoms with E-state index < -0.39 is 22.8 Å². The second-order valence-electron chi connectivity index (χ2n) is 6.42. The lowest BCUT2D eigenvalue weighted by molar-refractivity contribution is 0.0694. The molecule has 134 valence electrons. The summed E-state index contributed by atoms with van der Waals surface area (Å²) < 4.78 is 16.0. The van der Waals surface area contributed by atoms with Gasteiger partial charge in [0, 0.05) is 24.2 Å². The molecule has 1 saturated carbocycles. The van der Waals surface area contributed by atoms with Crippen molar-refractivity contribution in [2.24, 2.45) is 0 Å². The van der Waals surface area contributed by atoms with E-state index in [4.69, 9.17) is 0 Å². The SMILES string of the molecule is O=C(O)c1cn(CCO)c2cc(NC3CCCCC3)c(F)cc2c1=O. The lowest BCUT2D eigenvalue weighted by Crippen LogP contribution is -2.24. The minimum absolute atomic E-state index is 0.0000409. The quantitative estimate of drug-likeness (QED) is 0.772. The van der Waals surface area contributed by atoms with Crippen LogP contribution >= 0.6 is 0 Å². The molecule has 1 aromatic heterocycles. The summed E-state index contributed by atoms with van der Waals surface area (Å²) in [6.07, 6.45) is 6.53. The average molecular weight is 348 g/mol. The first-order valence-electron chi connectivity index (χ1n) is 8.48. The number of aliphatic hydroxyl groups excluding tert-OH is 1. The maximum Gasteiger partial charge on any atom is 0.341 e. The van der Waals surface area contributed by atoms with Crippen LogP contribution in [0, 0.1) is 5.82 Å².